The maximum Gasteiger partial charge on any atom is 0.306 e. The van der Waals surface area contributed by atoms with Crippen LogP contribution in [0.3, 0.4) is 0 Å². The van der Waals surface area contributed by atoms with Gasteiger partial charge >= 0.3 is 5.69 Å². The van der Waals surface area contributed by atoms with Gasteiger partial charge in [0, 0.05) is 24.6 Å². The van der Waals surface area contributed by atoms with Crippen molar-refractivity contribution in [1.82, 2.24) is 4.98 Å². The summed E-state index contributed by atoms with van der Waals surface area (Å²) in [6, 6.07) is 18.3. The number of anilines is 2. The zero-order valence-electron chi connectivity index (χ0n) is 17.6. The highest BCUT2D eigenvalue weighted by Crippen LogP contribution is 2.35. The van der Waals surface area contributed by atoms with Crippen LogP contribution in [0.2, 0.25) is 0 Å². The molecule has 1 aliphatic rings. The molecule has 0 saturated carbocycles. The third kappa shape index (κ3) is 3.99. The first kappa shape index (κ1) is 21.7. The van der Waals surface area contributed by atoms with Gasteiger partial charge in [0.15, 0.2) is 0 Å². The summed E-state index contributed by atoms with van der Waals surface area (Å²) in [6.45, 7) is 0.0385. The molecule has 1 saturated heterocycles. The molecular formula is C24H17FN4O4S. The topological polar surface area (TPSA) is 105 Å². The second kappa shape index (κ2) is 8.64. The Morgan fingerprint density at radius 1 is 1.15 bits per heavy atom. The van der Waals surface area contributed by atoms with Crippen molar-refractivity contribution < 1.29 is 18.9 Å². The third-order valence-corrected chi connectivity index (χ3v) is 6.71. The van der Waals surface area contributed by atoms with Crippen LogP contribution in [0.1, 0.15) is 6.42 Å². The van der Waals surface area contributed by atoms with Gasteiger partial charge in [-0.25, -0.2) is 4.98 Å². The van der Waals surface area contributed by atoms with Crippen LogP contribution < -0.4 is 10.2 Å². The van der Waals surface area contributed by atoms with Gasteiger partial charge in [0.1, 0.15) is 5.01 Å². The Kier molecular flexibility index (Phi) is 5.50. The Morgan fingerprint density at radius 2 is 1.91 bits per heavy atom. The number of nitro benzene ring substituents is 1. The molecule has 8 nitrogen and oxygen atoms in total. The third-order valence-electron chi connectivity index (χ3n) is 5.64. The average molecular weight is 476 g/mol. The number of hydrogen-bond acceptors (Lipinski definition) is 6. The van der Waals surface area contributed by atoms with E-state index in [4.69, 9.17) is 0 Å². The number of carbonyl (C=O) groups is 2. The zero-order chi connectivity index (χ0) is 23.8. The summed E-state index contributed by atoms with van der Waals surface area (Å²) in [5.41, 5.74) is 1.68. The maximum absolute atomic E-state index is 13.7. The Labute approximate surface area is 196 Å². The second-order valence-electron chi connectivity index (χ2n) is 7.82. The van der Waals surface area contributed by atoms with E-state index >= 15 is 0 Å². The monoisotopic (exact) mass is 476 g/mol. The number of nitrogens with one attached hydrogen (secondary N) is 1. The van der Waals surface area contributed by atoms with E-state index in [-0.39, 0.29) is 30.5 Å². The predicted octanol–water partition coefficient (Wildman–Crippen LogP) is 5.00. The number of nitro groups is 1. The molecule has 1 aliphatic heterocycles. The van der Waals surface area contributed by atoms with Gasteiger partial charge in [0.05, 0.1) is 32.4 Å². The molecule has 1 aromatic heterocycles. The first-order chi connectivity index (χ1) is 16.4. The van der Waals surface area contributed by atoms with E-state index < -0.39 is 22.3 Å². The van der Waals surface area contributed by atoms with Gasteiger partial charge in [0.25, 0.3) is 0 Å². The molecule has 1 fully saturated rings. The molecule has 0 spiro atoms. The smallest absolute Gasteiger partial charge is 0.306 e. The molecule has 1 atom stereocenters. The molecule has 2 amide bonds. The molecule has 5 rings (SSSR count). The number of para-hydroxylation sites is 2. The lowest BCUT2D eigenvalue weighted by atomic mass is 10.1. The van der Waals surface area contributed by atoms with Gasteiger partial charge in [-0.15, -0.1) is 11.3 Å². The molecule has 0 aliphatic carbocycles. The number of fused-ring (bicyclic) bond motifs is 1. The van der Waals surface area contributed by atoms with Crippen molar-refractivity contribution in [3.05, 3.63) is 82.7 Å². The molecule has 0 radical (unpaired) electrons. The fourth-order valence-electron chi connectivity index (χ4n) is 3.94. The van der Waals surface area contributed by atoms with E-state index in [1.54, 1.807) is 12.1 Å². The lowest BCUT2D eigenvalue weighted by Crippen LogP contribution is -2.28. The van der Waals surface area contributed by atoms with Gasteiger partial charge in [-0.2, -0.15) is 4.39 Å². The van der Waals surface area contributed by atoms with Gasteiger partial charge in [-0.1, -0.05) is 24.3 Å². The minimum atomic E-state index is -0.985. The van der Waals surface area contributed by atoms with Crippen LogP contribution in [0.5, 0.6) is 0 Å². The standard InChI is InChI=1S/C24H17FN4O4S/c25-17-10-9-15(12-20(17)29(32)33)28-13-14(11-22(28)30)23(31)26-18-6-2-1-5-16(18)24-27-19-7-3-4-8-21(19)34-24/h1-10,12,14H,11,13H2,(H,26,31). The molecule has 4 aromatic rings. The zero-order valence-corrected chi connectivity index (χ0v) is 18.4. The van der Waals surface area contributed by atoms with Crippen molar-refractivity contribution in [2.75, 3.05) is 16.8 Å². The van der Waals surface area contributed by atoms with Crippen LogP contribution in [0, 0.1) is 21.8 Å². The Morgan fingerprint density at radius 3 is 2.71 bits per heavy atom. The summed E-state index contributed by atoms with van der Waals surface area (Å²) in [5.74, 6) is -2.36. The summed E-state index contributed by atoms with van der Waals surface area (Å²) in [5, 5.41) is 14.7. The Balaban J connectivity index is 1.36. The normalized spacial score (nSPS) is 15.6. The molecule has 2 heterocycles. The van der Waals surface area contributed by atoms with Gasteiger partial charge < -0.3 is 10.2 Å². The van der Waals surface area contributed by atoms with Crippen molar-refractivity contribution in [1.29, 1.82) is 0 Å². The van der Waals surface area contributed by atoms with E-state index in [1.165, 1.54) is 22.3 Å². The van der Waals surface area contributed by atoms with Crippen molar-refractivity contribution in [2.45, 2.75) is 6.42 Å². The lowest BCUT2D eigenvalue weighted by molar-refractivity contribution is -0.387. The van der Waals surface area contributed by atoms with E-state index in [2.05, 4.69) is 10.3 Å². The molecule has 34 heavy (non-hydrogen) atoms. The molecular weight excluding hydrogens is 459 g/mol. The number of carbonyl (C=O) groups excluding carboxylic acids is 2. The molecule has 10 heteroatoms. The highest BCUT2D eigenvalue weighted by Gasteiger charge is 2.36. The summed E-state index contributed by atoms with van der Waals surface area (Å²) in [4.78, 5) is 41.8. The van der Waals surface area contributed by atoms with Crippen LogP contribution in [-0.2, 0) is 9.59 Å². The lowest BCUT2D eigenvalue weighted by Gasteiger charge is -2.17. The van der Waals surface area contributed by atoms with E-state index in [9.17, 15) is 24.1 Å². The number of amides is 2. The number of halogens is 1. The minimum Gasteiger partial charge on any atom is -0.325 e. The number of rotatable bonds is 5. The summed E-state index contributed by atoms with van der Waals surface area (Å²) < 4.78 is 14.7. The summed E-state index contributed by atoms with van der Waals surface area (Å²) >= 11 is 1.52. The number of thiazole rings is 1. The first-order valence-corrected chi connectivity index (χ1v) is 11.2. The number of aromatic nitrogens is 1. The highest BCUT2D eigenvalue weighted by molar-refractivity contribution is 7.21. The van der Waals surface area contributed by atoms with Crippen molar-refractivity contribution in [3.63, 3.8) is 0 Å². The van der Waals surface area contributed by atoms with Crippen LogP contribution >= 0.6 is 11.3 Å². The molecule has 1 N–H and O–H groups in total. The number of nitrogens with zero attached hydrogens (tertiary/aromatic N) is 3. The Hall–Kier alpha value is -4.18. The van der Waals surface area contributed by atoms with Crippen LogP contribution in [0.25, 0.3) is 20.8 Å². The predicted molar refractivity (Wildman–Crippen MR) is 127 cm³/mol. The maximum atomic E-state index is 13.7. The number of hydrogen-bond donors (Lipinski definition) is 1. The number of benzene rings is 3. The molecule has 0 bridgehead atoms. The quantitative estimate of drug-likeness (QED) is 0.322. The largest absolute Gasteiger partial charge is 0.325 e. The molecule has 170 valence electrons. The van der Waals surface area contributed by atoms with Crippen molar-refractivity contribution >= 4 is 50.4 Å². The van der Waals surface area contributed by atoms with Crippen LogP contribution in [-0.4, -0.2) is 28.3 Å². The fourth-order valence-corrected chi connectivity index (χ4v) is 4.95. The van der Waals surface area contributed by atoms with E-state index in [1.807, 2.05) is 36.4 Å². The Bertz CT molecular complexity index is 1420. The van der Waals surface area contributed by atoms with Crippen molar-refractivity contribution in [3.8, 4) is 10.6 Å². The van der Waals surface area contributed by atoms with E-state index in [0.717, 1.165) is 32.9 Å². The summed E-state index contributed by atoms with van der Waals surface area (Å²) in [6.07, 6.45) is -0.0552. The van der Waals surface area contributed by atoms with Gasteiger partial charge in [-0.3, -0.25) is 19.7 Å². The van der Waals surface area contributed by atoms with Crippen LogP contribution in [0.4, 0.5) is 21.5 Å². The van der Waals surface area contributed by atoms with Gasteiger partial charge in [-0.05, 0) is 36.4 Å². The molecule has 3 aromatic carbocycles. The fraction of sp³-hybridized carbons (Fsp3) is 0.125. The van der Waals surface area contributed by atoms with Crippen LogP contribution in [0.15, 0.2) is 66.7 Å². The van der Waals surface area contributed by atoms with Crippen molar-refractivity contribution in [2.24, 2.45) is 5.92 Å². The van der Waals surface area contributed by atoms with Gasteiger partial charge in [0.2, 0.25) is 17.6 Å². The highest BCUT2D eigenvalue weighted by atomic mass is 32.1. The first-order valence-electron chi connectivity index (χ1n) is 10.4. The SMILES string of the molecule is O=C(Nc1ccccc1-c1nc2ccccc2s1)C1CC(=O)N(c2ccc(F)c([N+](=O)[O-])c2)C1. The summed E-state index contributed by atoms with van der Waals surface area (Å²) in [7, 11) is 0. The second-order valence-corrected chi connectivity index (χ2v) is 8.85. The van der Waals surface area contributed by atoms with E-state index in [0.29, 0.717) is 5.69 Å². The average Bonchev–Trinajstić information content (AvgIpc) is 3.43. The minimum absolute atomic E-state index is 0.0385. The molecule has 1 unspecified atom stereocenters.